The zero-order valence-corrected chi connectivity index (χ0v) is 3.41. The first kappa shape index (κ1) is 4.35. The first-order valence-corrected chi connectivity index (χ1v) is 1.86. The van der Waals surface area contributed by atoms with E-state index in [0.717, 1.165) is 0 Å². The standard InChI is InChI=1S/CH5NOP/c1-2-4-3/h2,4H,1H3/q-1. The Hall–Kier alpha value is 0.350. The van der Waals surface area contributed by atoms with Crippen LogP contribution < -0.4 is 9.98 Å². The Morgan fingerprint density at radius 2 is 2.25 bits per heavy atom. The van der Waals surface area contributed by atoms with E-state index in [-0.39, 0.29) is 8.96 Å². The first-order chi connectivity index (χ1) is 1.91. The maximum Gasteiger partial charge on any atom is -0.0140 e. The Balaban J connectivity index is 1.97. The fourth-order valence-corrected chi connectivity index (χ4v) is 0. The molecule has 0 aliphatic carbocycles. The maximum atomic E-state index is 9.22. The van der Waals surface area contributed by atoms with Crippen molar-refractivity contribution in [1.29, 1.82) is 0 Å². The van der Waals surface area contributed by atoms with Crippen molar-refractivity contribution >= 4 is 8.96 Å². The van der Waals surface area contributed by atoms with Crippen LogP contribution in [0.5, 0.6) is 0 Å². The zero-order chi connectivity index (χ0) is 3.41. The van der Waals surface area contributed by atoms with E-state index in [1.165, 1.54) is 0 Å². The van der Waals surface area contributed by atoms with Crippen molar-refractivity contribution in [3.05, 3.63) is 0 Å². The summed E-state index contributed by atoms with van der Waals surface area (Å²) in [4.78, 5) is 9.22. The van der Waals surface area contributed by atoms with Gasteiger partial charge in [-0.05, 0) is 7.05 Å². The molecule has 0 bridgehead atoms. The molecule has 0 spiro atoms. The summed E-state index contributed by atoms with van der Waals surface area (Å²) in [5.74, 6) is 0. The van der Waals surface area contributed by atoms with Gasteiger partial charge < -0.3 is 9.98 Å². The normalized spacial score (nSPS) is 10.5. The Kier molecular flexibility index (Phi) is 3.64. The highest BCUT2D eigenvalue weighted by atomic mass is 31.1. The molecule has 0 saturated heterocycles. The van der Waals surface area contributed by atoms with Crippen molar-refractivity contribution in [1.82, 2.24) is 5.09 Å². The van der Waals surface area contributed by atoms with Gasteiger partial charge in [0.25, 0.3) is 0 Å². The molecule has 0 radical (unpaired) electrons. The van der Waals surface area contributed by atoms with Gasteiger partial charge in [0.1, 0.15) is 0 Å². The highest BCUT2D eigenvalue weighted by molar-refractivity contribution is 7.26. The van der Waals surface area contributed by atoms with Crippen LogP contribution >= 0.6 is 8.96 Å². The molecule has 0 aromatic heterocycles. The summed E-state index contributed by atoms with van der Waals surface area (Å²) in [7, 11) is 1.27. The lowest BCUT2D eigenvalue weighted by molar-refractivity contribution is -0.152. The van der Waals surface area contributed by atoms with Crippen molar-refractivity contribution in [2.45, 2.75) is 0 Å². The van der Waals surface area contributed by atoms with Crippen LogP contribution in [0.3, 0.4) is 0 Å². The average molecular weight is 78.0 g/mol. The lowest BCUT2D eigenvalue weighted by atomic mass is 11.6. The van der Waals surface area contributed by atoms with E-state index in [1.807, 2.05) is 0 Å². The van der Waals surface area contributed by atoms with Gasteiger partial charge in [0.2, 0.25) is 0 Å². The summed E-state index contributed by atoms with van der Waals surface area (Å²) in [5, 5.41) is 2.40. The van der Waals surface area contributed by atoms with Gasteiger partial charge in [-0.2, -0.15) is 8.96 Å². The van der Waals surface area contributed by atoms with Gasteiger partial charge >= 0.3 is 0 Å². The van der Waals surface area contributed by atoms with Gasteiger partial charge in [-0.15, -0.1) is 0 Å². The van der Waals surface area contributed by atoms with Gasteiger partial charge in [0.05, 0.1) is 0 Å². The minimum atomic E-state index is -0.360. The van der Waals surface area contributed by atoms with Gasteiger partial charge in [-0.1, -0.05) is 0 Å². The first-order valence-electron chi connectivity index (χ1n) is 0.954. The predicted molar refractivity (Wildman–Crippen MR) is 17.4 cm³/mol. The van der Waals surface area contributed by atoms with Gasteiger partial charge in [0.15, 0.2) is 0 Å². The van der Waals surface area contributed by atoms with E-state index in [2.05, 4.69) is 5.09 Å². The molecule has 1 unspecified atom stereocenters. The molecule has 0 saturated carbocycles. The number of rotatable bonds is 1. The zero-order valence-electron chi connectivity index (χ0n) is 2.41. The largest absolute Gasteiger partial charge is 0.820 e. The summed E-state index contributed by atoms with van der Waals surface area (Å²) in [6.45, 7) is 0. The third kappa shape index (κ3) is 2.35. The van der Waals surface area contributed by atoms with Gasteiger partial charge in [0, 0.05) is 0 Å². The molecular weight excluding hydrogens is 73.0 g/mol. The quantitative estimate of drug-likeness (QED) is 0.411. The van der Waals surface area contributed by atoms with Crippen LogP contribution in [0, 0.1) is 0 Å². The fourth-order valence-electron chi connectivity index (χ4n) is 0. The number of nitrogens with one attached hydrogen (secondary N) is 1. The molecule has 2 nitrogen and oxygen atoms in total. The predicted octanol–water partition coefficient (Wildman–Crippen LogP) is -0.925. The summed E-state index contributed by atoms with van der Waals surface area (Å²) in [5.41, 5.74) is 0. The van der Waals surface area contributed by atoms with Crippen LogP contribution in [0.2, 0.25) is 0 Å². The molecule has 0 aliphatic heterocycles. The van der Waals surface area contributed by atoms with E-state index in [9.17, 15) is 4.89 Å². The van der Waals surface area contributed by atoms with Crippen molar-refractivity contribution in [2.75, 3.05) is 7.05 Å². The smallest absolute Gasteiger partial charge is 0.0140 e. The molecule has 0 aromatic carbocycles. The molecule has 1 atom stereocenters. The number of hydrogen-bond donors (Lipinski definition) is 1. The second-order valence-electron chi connectivity index (χ2n) is 0.352. The second kappa shape index (κ2) is 3.35. The fraction of sp³-hybridized carbons (Fsp3) is 1.00. The van der Waals surface area contributed by atoms with E-state index in [0.29, 0.717) is 0 Å². The molecule has 0 amide bonds. The molecule has 3 heteroatoms. The molecule has 0 fully saturated rings. The molecule has 26 valence electrons. The Labute approximate surface area is 27.1 Å². The van der Waals surface area contributed by atoms with E-state index >= 15 is 0 Å². The van der Waals surface area contributed by atoms with E-state index in [1.54, 1.807) is 7.05 Å². The Morgan fingerprint density at radius 3 is 2.25 bits per heavy atom. The average Bonchev–Trinajstić information content (AvgIpc) is 1.37. The van der Waals surface area contributed by atoms with E-state index in [4.69, 9.17) is 0 Å². The van der Waals surface area contributed by atoms with Crippen LogP contribution in [0.25, 0.3) is 0 Å². The third-order valence-electron chi connectivity index (χ3n) is 0.102. The van der Waals surface area contributed by atoms with E-state index < -0.39 is 0 Å². The summed E-state index contributed by atoms with van der Waals surface area (Å²) >= 11 is 0. The molecule has 0 aromatic rings. The third-order valence-corrected chi connectivity index (χ3v) is 0.306. The van der Waals surface area contributed by atoms with Gasteiger partial charge in [-0.25, -0.2) is 0 Å². The van der Waals surface area contributed by atoms with Crippen LogP contribution in [0.4, 0.5) is 0 Å². The molecule has 0 rings (SSSR count). The van der Waals surface area contributed by atoms with Crippen molar-refractivity contribution in [3.8, 4) is 0 Å². The van der Waals surface area contributed by atoms with Crippen molar-refractivity contribution < 1.29 is 4.89 Å². The van der Waals surface area contributed by atoms with Crippen molar-refractivity contribution in [3.63, 3.8) is 0 Å². The summed E-state index contributed by atoms with van der Waals surface area (Å²) < 4.78 is 0. The lowest BCUT2D eigenvalue weighted by Crippen LogP contribution is -1.95. The van der Waals surface area contributed by atoms with Crippen LogP contribution in [-0.2, 0) is 0 Å². The highest BCUT2D eigenvalue weighted by Gasteiger charge is 1.36. The minimum absolute atomic E-state index is 0.360. The van der Waals surface area contributed by atoms with Gasteiger partial charge in [-0.3, -0.25) is 0 Å². The highest BCUT2D eigenvalue weighted by Crippen LogP contribution is 1.73. The maximum absolute atomic E-state index is 9.22. The summed E-state index contributed by atoms with van der Waals surface area (Å²) in [6, 6.07) is 0. The molecule has 0 heterocycles. The lowest BCUT2D eigenvalue weighted by Gasteiger charge is -1.94. The Morgan fingerprint density at radius 1 is 2.00 bits per heavy atom. The van der Waals surface area contributed by atoms with Crippen molar-refractivity contribution in [2.24, 2.45) is 0 Å². The topological polar surface area (TPSA) is 35.1 Å². The molecule has 4 heavy (non-hydrogen) atoms. The molecule has 0 aliphatic rings. The van der Waals surface area contributed by atoms with Crippen LogP contribution in [0.1, 0.15) is 0 Å². The minimum Gasteiger partial charge on any atom is -0.820 e. The van der Waals surface area contributed by atoms with Crippen LogP contribution in [-0.4, -0.2) is 7.05 Å². The SMILES string of the molecule is CNP[O-]. The second-order valence-corrected chi connectivity index (χ2v) is 1.06. The van der Waals surface area contributed by atoms with Crippen LogP contribution in [0.15, 0.2) is 0 Å². The monoisotopic (exact) mass is 78.0 g/mol. The molecular formula is CH5NOP-. The Bertz CT molecular complexity index is 10.0. The number of hydrogen-bond acceptors (Lipinski definition) is 2. The molecule has 1 N–H and O–H groups in total. The summed E-state index contributed by atoms with van der Waals surface area (Å²) in [6.07, 6.45) is 0.